The van der Waals surface area contributed by atoms with Crippen molar-refractivity contribution in [3.63, 3.8) is 0 Å². The summed E-state index contributed by atoms with van der Waals surface area (Å²) >= 11 is 0. The summed E-state index contributed by atoms with van der Waals surface area (Å²) in [4.78, 5) is 26.7. The second kappa shape index (κ2) is 9.49. The van der Waals surface area contributed by atoms with Gasteiger partial charge in [-0.25, -0.2) is 4.39 Å². The van der Waals surface area contributed by atoms with E-state index in [-0.39, 0.29) is 23.6 Å². The Morgan fingerprint density at radius 3 is 1.86 bits per heavy atom. The van der Waals surface area contributed by atoms with Crippen LogP contribution in [0.1, 0.15) is 49.7 Å². The molecule has 2 atom stereocenters. The van der Waals surface area contributed by atoms with Gasteiger partial charge in [-0.05, 0) is 31.5 Å². The molecule has 0 aromatic heterocycles. The van der Waals surface area contributed by atoms with Gasteiger partial charge in [-0.1, -0.05) is 77.9 Å². The van der Waals surface area contributed by atoms with Crippen molar-refractivity contribution in [1.29, 1.82) is 10.5 Å². The summed E-state index contributed by atoms with van der Waals surface area (Å²) in [7, 11) is 0. The van der Waals surface area contributed by atoms with Crippen molar-refractivity contribution in [2.75, 3.05) is 0 Å². The highest BCUT2D eigenvalue weighted by atomic mass is 19.1. The molecule has 0 spiro atoms. The Hall–Kier alpha value is -4.35. The third kappa shape index (κ3) is 4.42. The first-order valence-corrected chi connectivity index (χ1v) is 11.3. The van der Waals surface area contributed by atoms with Gasteiger partial charge in [0.15, 0.2) is 17.0 Å². The highest BCUT2D eigenvalue weighted by molar-refractivity contribution is 6.10. The van der Waals surface area contributed by atoms with Gasteiger partial charge in [-0.15, -0.1) is 0 Å². The summed E-state index contributed by atoms with van der Waals surface area (Å²) in [6.07, 6.45) is 1.50. The lowest BCUT2D eigenvalue weighted by Crippen LogP contribution is -2.32. The van der Waals surface area contributed by atoms with Crippen LogP contribution in [0.15, 0.2) is 84.4 Å². The molecule has 0 aliphatic heterocycles. The Morgan fingerprint density at radius 1 is 0.829 bits per heavy atom. The lowest BCUT2D eigenvalue weighted by Gasteiger charge is -2.29. The van der Waals surface area contributed by atoms with Crippen molar-refractivity contribution >= 4 is 11.6 Å². The lowest BCUT2D eigenvalue weighted by molar-refractivity contribution is 0.0955. The standard InChI is InChI=1S/C30H23FN2O2/c1-19-3-7-21(8-4-19)27(34)16-24-15-26(29(35)23-9-5-20(2)6-10-23)28(30(24,17-32)18-33)22-11-13-25(31)14-12-22/h3-15,24,28H,16H2,1-2H3/t24-,28+/m1/s1. The van der Waals surface area contributed by atoms with Gasteiger partial charge >= 0.3 is 0 Å². The highest BCUT2D eigenvalue weighted by Crippen LogP contribution is 2.54. The van der Waals surface area contributed by atoms with Crippen molar-refractivity contribution < 1.29 is 14.0 Å². The van der Waals surface area contributed by atoms with E-state index in [1.54, 1.807) is 30.3 Å². The van der Waals surface area contributed by atoms with Gasteiger partial charge in [-0.3, -0.25) is 9.59 Å². The molecule has 0 radical (unpaired) electrons. The maximum Gasteiger partial charge on any atom is 0.189 e. The molecule has 172 valence electrons. The number of aryl methyl sites for hydroxylation is 2. The number of benzene rings is 3. The molecule has 3 aromatic carbocycles. The normalized spacial score (nSPS) is 18.3. The van der Waals surface area contributed by atoms with Crippen molar-refractivity contribution in [3.8, 4) is 12.1 Å². The van der Waals surface area contributed by atoms with Crippen LogP contribution >= 0.6 is 0 Å². The summed E-state index contributed by atoms with van der Waals surface area (Å²) in [5, 5.41) is 20.6. The Labute approximate surface area is 204 Å². The third-order valence-electron chi connectivity index (χ3n) is 6.66. The predicted molar refractivity (Wildman–Crippen MR) is 130 cm³/mol. The minimum absolute atomic E-state index is 0.105. The van der Waals surface area contributed by atoms with Gasteiger partial charge in [0.2, 0.25) is 0 Å². The van der Waals surface area contributed by atoms with Gasteiger partial charge in [0.05, 0.1) is 12.1 Å². The van der Waals surface area contributed by atoms with Crippen LogP contribution in [0.5, 0.6) is 0 Å². The van der Waals surface area contributed by atoms with Crippen molar-refractivity contribution in [2.45, 2.75) is 26.2 Å². The molecule has 0 unspecified atom stereocenters. The van der Waals surface area contributed by atoms with E-state index in [2.05, 4.69) is 12.1 Å². The van der Waals surface area contributed by atoms with E-state index in [4.69, 9.17) is 0 Å². The van der Waals surface area contributed by atoms with E-state index < -0.39 is 23.1 Å². The maximum atomic E-state index is 13.7. The molecule has 35 heavy (non-hydrogen) atoms. The van der Waals surface area contributed by atoms with Gasteiger partial charge in [0.25, 0.3) is 0 Å². The molecule has 0 amide bonds. The topological polar surface area (TPSA) is 81.7 Å². The number of hydrogen-bond donors (Lipinski definition) is 0. The number of nitrogens with zero attached hydrogens (tertiary/aromatic N) is 2. The van der Waals surface area contributed by atoms with E-state index in [0.717, 1.165) is 11.1 Å². The van der Waals surface area contributed by atoms with Crippen molar-refractivity contribution in [3.05, 3.63) is 118 Å². The second-order valence-electron chi connectivity index (χ2n) is 8.99. The number of allylic oxidation sites excluding steroid dienone is 2. The monoisotopic (exact) mass is 462 g/mol. The summed E-state index contributed by atoms with van der Waals surface area (Å²) in [5.41, 5.74) is 1.94. The second-order valence-corrected chi connectivity index (χ2v) is 8.99. The predicted octanol–water partition coefficient (Wildman–Crippen LogP) is 6.27. The molecule has 3 aromatic rings. The summed E-state index contributed by atoms with van der Waals surface area (Å²) in [6.45, 7) is 3.83. The molecule has 4 rings (SSSR count). The van der Waals surface area contributed by atoms with Crippen LogP contribution in [-0.2, 0) is 0 Å². The number of hydrogen-bond acceptors (Lipinski definition) is 4. The quantitative estimate of drug-likeness (QED) is 0.404. The first-order chi connectivity index (χ1) is 16.8. The Balaban J connectivity index is 1.82. The fourth-order valence-corrected chi connectivity index (χ4v) is 4.68. The largest absolute Gasteiger partial charge is 0.294 e. The number of nitriles is 2. The molecular weight excluding hydrogens is 439 g/mol. The smallest absolute Gasteiger partial charge is 0.189 e. The van der Waals surface area contributed by atoms with Gasteiger partial charge in [-0.2, -0.15) is 10.5 Å². The van der Waals surface area contributed by atoms with Crippen molar-refractivity contribution in [1.82, 2.24) is 0 Å². The molecule has 1 aliphatic rings. The van der Waals surface area contributed by atoms with Gasteiger partial charge in [0, 0.05) is 35.0 Å². The zero-order chi connectivity index (χ0) is 25.2. The SMILES string of the molecule is Cc1ccc(C(=O)C[C@H]2C=C(C(=O)c3ccc(C)cc3)[C@H](c3ccc(F)cc3)C2(C#N)C#N)cc1. The number of Topliss-reactive ketones (excluding diaryl/α,β-unsaturated/α-hetero) is 2. The molecule has 1 aliphatic carbocycles. The van der Waals surface area contributed by atoms with Crippen LogP contribution in [0, 0.1) is 53.7 Å². The van der Waals surface area contributed by atoms with Crippen LogP contribution in [0.3, 0.4) is 0 Å². The zero-order valence-corrected chi connectivity index (χ0v) is 19.5. The minimum Gasteiger partial charge on any atom is -0.294 e. The average Bonchev–Trinajstić information content (AvgIpc) is 3.19. The van der Waals surface area contributed by atoms with Crippen LogP contribution in [0.2, 0.25) is 0 Å². The van der Waals surface area contributed by atoms with Crippen molar-refractivity contribution in [2.24, 2.45) is 11.3 Å². The number of carbonyl (C=O) groups excluding carboxylic acids is 2. The fraction of sp³-hybridized carbons (Fsp3) is 0.200. The highest BCUT2D eigenvalue weighted by Gasteiger charge is 2.54. The molecule has 4 nitrogen and oxygen atoms in total. The van der Waals surface area contributed by atoms with E-state index in [1.807, 2.05) is 38.1 Å². The van der Waals surface area contributed by atoms with E-state index in [0.29, 0.717) is 16.7 Å². The summed E-state index contributed by atoms with van der Waals surface area (Å²) in [6, 6.07) is 23.9. The van der Waals surface area contributed by atoms with Crippen LogP contribution in [-0.4, -0.2) is 11.6 Å². The molecule has 0 fully saturated rings. The maximum absolute atomic E-state index is 13.7. The molecule has 0 saturated heterocycles. The summed E-state index contributed by atoms with van der Waals surface area (Å²) in [5.74, 6) is -2.75. The molecular formula is C30H23FN2O2. The van der Waals surface area contributed by atoms with E-state index in [1.165, 1.54) is 24.3 Å². The van der Waals surface area contributed by atoms with Gasteiger partial charge < -0.3 is 0 Å². The van der Waals surface area contributed by atoms with Gasteiger partial charge in [0.1, 0.15) is 5.82 Å². The zero-order valence-electron chi connectivity index (χ0n) is 19.5. The Bertz CT molecular complexity index is 1380. The Morgan fingerprint density at radius 2 is 1.34 bits per heavy atom. The van der Waals surface area contributed by atoms with Crippen LogP contribution < -0.4 is 0 Å². The molecule has 0 bridgehead atoms. The first kappa shape index (κ1) is 23.8. The van der Waals surface area contributed by atoms with Crippen LogP contribution in [0.4, 0.5) is 4.39 Å². The molecule has 0 saturated carbocycles. The number of ketones is 2. The molecule has 0 N–H and O–H groups in total. The minimum atomic E-state index is -1.70. The molecule has 0 heterocycles. The fourth-order valence-electron chi connectivity index (χ4n) is 4.68. The third-order valence-corrected chi connectivity index (χ3v) is 6.66. The first-order valence-electron chi connectivity index (χ1n) is 11.3. The summed E-state index contributed by atoms with van der Waals surface area (Å²) < 4.78 is 13.7. The molecule has 5 heteroatoms. The van der Waals surface area contributed by atoms with Crippen LogP contribution in [0.25, 0.3) is 0 Å². The van der Waals surface area contributed by atoms with E-state index in [9.17, 15) is 24.5 Å². The Kier molecular flexibility index (Phi) is 6.45. The number of rotatable bonds is 6. The average molecular weight is 463 g/mol. The lowest BCUT2D eigenvalue weighted by atomic mass is 9.67. The number of carbonyl (C=O) groups is 2. The number of halogens is 1. The van der Waals surface area contributed by atoms with E-state index >= 15 is 0 Å².